The first-order valence-corrected chi connectivity index (χ1v) is 17.2. The Bertz CT molecular complexity index is 1300. The van der Waals surface area contributed by atoms with Gasteiger partial charge in [-0.05, 0) is 124 Å². The highest BCUT2D eigenvalue weighted by molar-refractivity contribution is 5.96. The van der Waals surface area contributed by atoms with Gasteiger partial charge in [0, 0.05) is 12.8 Å². The van der Waals surface area contributed by atoms with Crippen LogP contribution in [0.1, 0.15) is 127 Å². The van der Waals surface area contributed by atoms with Crippen LogP contribution in [0.25, 0.3) is 0 Å². The Morgan fingerprint density at radius 3 is 2.11 bits per heavy atom. The average molecular weight is 629 g/mol. The molecule has 8 heteroatoms. The van der Waals surface area contributed by atoms with E-state index in [2.05, 4.69) is 41.5 Å². The van der Waals surface area contributed by atoms with Crippen molar-refractivity contribution in [2.45, 2.75) is 139 Å². The van der Waals surface area contributed by atoms with Crippen LogP contribution in [0.4, 0.5) is 4.79 Å². The van der Waals surface area contributed by atoms with E-state index < -0.39 is 29.2 Å². The molecule has 1 N–H and O–H groups in total. The van der Waals surface area contributed by atoms with Gasteiger partial charge in [0.2, 0.25) is 6.29 Å². The van der Waals surface area contributed by atoms with Crippen molar-refractivity contribution in [3.63, 3.8) is 0 Å². The van der Waals surface area contributed by atoms with Crippen LogP contribution in [0, 0.1) is 56.2 Å². The second-order valence-electron chi connectivity index (χ2n) is 17.5. The maximum Gasteiger partial charge on any atom is 0.511 e. The first-order valence-electron chi connectivity index (χ1n) is 17.2. The molecular weight excluding hydrogens is 572 g/mol. The molecular formula is C37H56O8. The van der Waals surface area contributed by atoms with Gasteiger partial charge in [0.1, 0.15) is 0 Å². The molecule has 1 unspecified atom stereocenters. The molecule has 0 amide bonds. The molecule has 4 fully saturated rings. The fraction of sp³-hybridized carbons (Fsp3) is 0.838. The van der Waals surface area contributed by atoms with Crippen LogP contribution < -0.4 is 0 Å². The molecule has 10 atom stereocenters. The monoisotopic (exact) mass is 628 g/mol. The molecule has 5 aliphatic rings. The number of allylic oxidation sites excluding steroid dienone is 2. The molecule has 0 radical (unpaired) electrons. The Hall–Kier alpha value is -2.38. The minimum absolute atomic E-state index is 0.0116. The Morgan fingerprint density at radius 2 is 1.49 bits per heavy atom. The number of carbonyl (C=O) groups excluding carboxylic acids is 3. The number of carboxylic acid groups (broad SMARTS) is 1. The fourth-order valence-corrected chi connectivity index (χ4v) is 11.4. The first-order chi connectivity index (χ1) is 20.6. The van der Waals surface area contributed by atoms with Crippen LogP contribution in [0.3, 0.4) is 0 Å². The number of carboxylic acids is 1. The highest BCUT2D eigenvalue weighted by Gasteiger charge is 2.70. The number of fused-ring (bicyclic) bond motifs is 7. The summed E-state index contributed by atoms with van der Waals surface area (Å²) in [7, 11) is 0. The lowest BCUT2D eigenvalue weighted by Gasteiger charge is -2.70. The SMILES string of the molecule is CC(C)OC(=O)OC(C)OC(=O)[C@H]1CC[C@]2(C)[C@H]3C(=O)C=C4[C@@H]5C[C@@](C)(C(=O)O)CC[C@]5(C)CC[C@@]4(C)[C@]3(C)CC[C@H]2C1(C)C. The molecule has 0 saturated heterocycles. The van der Waals surface area contributed by atoms with Gasteiger partial charge in [0.15, 0.2) is 5.78 Å². The van der Waals surface area contributed by atoms with Gasteiger partial charge in [0.05, 0.1) is 17.4 Å². The van der Waals surface area contributed by atoms with Crippen molar-refractivity contribution in [3.05, 3.63) is 11.6 Å². The van der Waals surface area contributed by atoms with E-state index in [4.69, 9.17) is 14.2 Å². The third kappa shape index (κ3) is 5.06. The second kappa shape index (κ2) is 10.8. The smallest absolute Gasteiger partial charge is 0.481 e. The number of carbonyl (C=O) groups is 4. The van der Waals surface area contributed by atoms with Crippen molar-refractivity contribution < 1.29 is 38.5 Å². The minimum atomic E-state index is -1.06. The number of rotatable bonds is 5. The molecule has 252 valence electrons. The molecule has 0 aromatic heterocycles. The van der Waals surface area contributed by atoms with Gasteiger partial charge < -0.3 is 19.3 Å². The highest BCUT2D eigenvalue weighted by Crippen LogP contribution is 2.75. The van der Waals surface area contributed by atoms with E-state index in [0.29, 0.717) is 19.3 Å². The summed E-state index contributed by atoms with van der Waals surface area (Å²) < 4.78 is 15.8. The van der Waals surface area contributed by atoms with Crippen molar-refractivity contribution in [2.24, 2.45) is 56.2 Å². The van der Waals surface area contributed by atoms with Gasteiger partial charge in [-0.3, -0.25) is 14.4 Å². The van der Waals surface area contributed by atoms with Gasteiger partial charge in [-0.1, -0.05) is 47.1 Å². The second-order valence-corrected chi connectivity index (χ2v) is 17.5. The van der Waals surface area contributed by atoms with Gasteiger partial charge in [-0.2, -0.15) is 0 Å². The van der Waals surface area contributed by atoms with Crippen LogP contribution in [0.15, 0.2) is 11.6 Å². The molecule has 0 heterocycles. The van der Waals surface area contributed by atoms with E-state index >= 15 is 0 Å². The molecule has 4 saturated carbocycles. The number of hydrogen-bond acceptors (Lipinski definition) is 7. The molecule has 0 aliphatic heterocycles. The van der Waals surface area contributed by atoms with E-state index in [1.54, 1.807) is 13.8 Å². The fourth-order valence-electron chi connectivity index (χ4n) is 11.4. The van der Waals surface area contributed by atoms with Crippen LogP contribution in [-0.4, -0.2) is 41.4 Å². The van der Waals surface area contributed by atoms with Crippen molar-refractivity contribution in [1.29, 1.82) is 0 Å². The zero-order valence-corrected chi connectivity index (χ0v) is 29.2. The van der Waals surface area contributed by atoms with Gasteiger partial charge in [-0.15, -0.1) is 0 Å². The normalized spacial score (nSPS) is 44.2. The van der Waals surface area contributed by atoms with Crippen molar-refractivity contribution >= 4 is 23.9 Å². The van der Waals surface area contributed by atoms with Crippen LogP contribution in [0.2, 0.25) is 0 Å². The van der Waals surface area contributed by atoms with Crippen molar-refractivity contribution in [2.75, 3.05) is 0 Å². The average Bonchev–Trinajstić information content (AvgIpc) is 2.89. The number of ether oxygens (including phenoxy) is 3. The number of esters is 1. The molecule has 0 aromatic carbocycles. The molecule has 0 bridgehead atoms. The maximum atomic E-state index is 14.6. The number of aliphatic carboxylic acids is 1. The van der Waals surface area contributed by atoms with E-state index in [1.807, 2.05) is 13.0 Å². The Labute approximate surface area is 269 Å². The summed E-state index contributed by atoms with van der Waals surface area (Å²) in [5, 5.41) is 10.2. The lowest BCUT2D eigenvalue weighted by molar-refractivity contribution is -0.206. The third-order valence-corrected chi connectivity index (χ3v) is 14.3. The molecule has 8 nitrogen and oxygen atoms in total. The predicted octanol–water partition coefficient (Wildman–Crippen LogP) is 8.12. The number of hydrogen-bond donors (Lipinski definition) is 1. The molecule has 5 rings (SSSR count). The molecule has 0 aromatic rings. The van der Waals surface area contributed by atoms with E-state index in [-0.39, 0.29) is 63.2 Å². The summed E-state index contributed by atoms with van der Waals surface area (Å²) in [6.45, 7) is 20.4. The predicted molar refractivity (Wildman–Crippen MR) is 169 cm³/mol. The molecule has 0 spiro atoms. The highest BCUT2D eigenvalue weighted by atomic mass is 16.8. The lowest BCUT2D eigenvalue weighted by atomic mass is 9.33. The summed E-state index contributed by atoms with van der Waals surface area (Å²) in [6, 6.07) is 0. The lowest BCUT2D eigenvalue weighted by Crippen LogP contribution is -2.66. The zero-order chi connectivity index (χ0) is 33.5. The first kappa shape index (κ1) is 34.0. The van der Waals surface area contributed by atoms with Crippen LogP contribution in [-0.2, 0) is 28.6 Å². The standard InChI is InChI=1S/C37H56O8/c1-21(2)43-31(42)45-22(3)44-29(39)23-11-13-35(8)27(32(23,4)5)12-14-37(10)28(35)26(38)19-24-25-20-34(7,30(40)41)16-15-33(25,6)17-18-36(24,37)9/h19,21-23,25,27-28H,11-18,20H2,1-10H3,(H,40,41)/t22?,23-,25+,27+,28-,33-,34+,35+,36-,37-/m1/s1. The largest absolute Gasteiger partial charge is 0.511 e. The Kier molecular flexibility index (Phi) is 8.18. The van der Waals surface area contributed by atoms with Crippen molar-refractivity contribution in [3.8, 4) is 0 Å². The summed E-state index contributed by atoms with van der Waals surface area (Å²) >= 11 is 0. The topological polar surface area (TPSA) is 116 Å². The Morgan fingerprint density at radius 1 is 0.844 bits per heavy atom. The van der Waals surface area contributed by atoms with Gasteiger partial charge >= 0.3 is 18.1 Å². The van der Waals surface area contributed by atoms with E-state index in [1.165, 1.54) is 12.5 Å². The van der Waals surface area contributed by atoms with E-state index in [0.717, 1.165) is 38.5 Å². The minimum Gasteiger partial charge on any atom is -0.481 e. The summed E-state index contributed by atoms with van der Waals surface area (Å²) in [5.41, 5.74) is -0.762. The zero-order valence-electron chi connectivity index (χ0n) is 29.2. The molecule has 5 aliphatic carbocycles. The number of ketones is 1. The van der Waals surface area contributed by atoms with Gasteiger partial charge in [0.25, 0.3) is 0 Å². The maximum absolute atomic E-state index is 14.6. The van der Waals surface area contributed by atoms with Crippen LogP contribution >= 0.6 is 0 Å². The van der Waals surface area contributed by atoms with Crippen LogP contribution in [0.5, 0.6) is 0 Å². The summed E-state index contributed by atoms with van der Waals surface area (Å²) in [4.78, 5) is 52.5. The Balaban J connectivity index is 1.43. The van der Waals surface area contributed by atoms with Crippen molar-refractivity contribution in [1.82, 2.24) is 0 Å². The molecule has 45 heavy (non-hydrogen) atoms. The summed E-state index contributed by atoms with van der Waals surface area (Å²) in [6.07, 6.45) is 6.99. The van der Waals surface area contributed by atoms with Gasteiger partial charge in [-0.25, -0.2) is 4.79 Å². The third-order valence-electron chi connectivity index (χ3n) is 14.3. The van der Waals surface area contributed by atoms with E-state index in [9.17, 15) is 24.3 Å². The quantitative estimate of drug-likeness (QED) is 0.240. The summed E-state index contributed by atoms with van der Waals surface area (Å²) in [5.74, 6) is -1.29.